The van der Waals surface area contributed by atoms with Gasteiger partial charge in [-0.1, -0.05) is 30.3 Å². The smallest absolute Gasteiger partial charge is 0.0890 e. The average Bonchev–Trinajstić information content (AvgIpc) is 2.93. The molecule has 2 aromatic rings. The van der Waals surface area contributed by atoms with E-state index in [1.165, 1.54) is 15.3 Å². The van der Waals surface area contributed by atoms with Crippen molar-refractivity contribution < 1.29 is 10.2 Å². The Kier molecular flexibility index (Phi) is 4.93. The Hall–Kier alpha value is -1.20. The van der Waals surface area contributed by atoms with Crippen molar-refractivity contribution in [1.29, 1.82) is 0 Å². The number of rotatable bonds is 4. The molecule has 0 bridgehead atoms. The molecule has 0 saturated carbocycles. The van der Waals surface area contributed by atoms with E-state index in [-0.39, 0.29) is 6.61 Å². The summed E-state index contributed by atoms with van der Waals surface area (Å²) in [6.07, 6.45) is 2.29. The van der Waals surface area contributed by atoms with Crippen LogP contribution in [0.5, 0.6) is 0 Å². The molecular weight excluding hydrogens is 294 g/mol. The lowest BCUT2D eigenvalue weighted by molar-refractivity contribution is -0.0255. The minimum atomic E-state index is -0.876. The summed E-state index contributed by atoms with van der Waals surface area (Å²) in [7, 11) is 0. The van der Waals surface area contributed by atoms with Crippen LogP contribution in [0, 0.1) is 0 Å². The number of benzene rings is 1. The Balaban J connectivity index is 1.63. The van der Waals surface area contributed by atoms with Crippen LogP contribution in [0.1, 0.15) is 24.1 Å². The maximum absolute atomic E-state index is 10.2. The van der Waals surface area contributed by atoms with Crippen molar-refractivity contribution >= 4 is 11.3 Å². The predicted octanol–water partition coefficient (Wildman–Crippen LogP) is 3.12. The second kappa shape index (κ2) is 6.92. The molecule has 1 aromatic heterocycles. The SMILES string of the molecule is OC[C@@]1(O)CCCN(Cc2ccc(-c3ccccc3)s2)CC1. The Morgan fingerprint density at radius 2 is 1.86 bits per heavy atom. The maximum Gasteiger partial charge on any atom is 0.0890 e. The van der Waals surface area contributed by atoms with Gasteiger partial charge in [0.2, 0.25) is 0 Å². The fourth-order valence-electron chi connectivity index (χ4n) is 2.99. The van der Waals surface area contributed by atoms with Gasteiger partial charge in [0.15, 0.2) is 0 Å². The number of likely N-dealkylation sites (tertiary alicyclic amines) is 1. The molecule has 3 rings (SSSR count). The molecule has 1 aliphatic rings. The highest BCUT2D eigenvalue weighted by Gasteiger charge is 2.29. The molecule has 1 fully saturated rings. The summed E-state index contributed by atoms with van der Waals surface area (Å²) in [6.45, 7) is 2.63. The molecule has 4 heteroatoms. The van der Waals surface area contributed by atoms with E-state index in [0.29, 0.717) is 12.8 Å². The number of thiophene rings is 1. The minimum absolute atomic E-state index is 0.127. The summed E-state index contributed by atoms with van der Waals surface area (Å²) < 4.78 is 0. The molecule has 1 aromatic carbocycles. The van der Waals surface area contributed by atoms with Crippen LogP contribution in [-0.2, 0) is 6.54 Å². The third-order valence-corrected chi connectivity index (χ3v) is 5.52. The van der Waals surface area contributed by atoms with E-state index in [4.69, 9.17) is 0 Å². The lowest BCUT2D eigenvalue weighted by atomic mass is 9.96. The van der Waals surface area contributed by atoms with Gasteiger partial charge in [0.1, 0.15) is 0 Å². The third-order valence-electron chi connectivity index (χ3n) is 4.40. The zero-order valence-electron chi connectivity index (χ0n) is 12.7. The van der Waals surface area contributed by atoms with Crippen LogP contribution in [-0.4, -0.2) is 40.4 Å². The second-order valence-electron chi connectivity index (χ2n) is 6.14. The molecule has 3 nitrogen and oxygen atoms in total. The molecule has 0 spiro atoms. The van der Waals surface area contributed by atoms with Gasteiger partial charge in [0.05, 0.1) is 12.2 Å². The number of hydrogen-bond donors (Lipinski definition) is 2. The van der Waals surface area contributed by atoms with Crippen molar-refractivity contribution in [3.63, 3.8) is 0 Å². The first kappa shape index (κ1) is 15.7. The Bertz CT molecular complexity index is 598. The molecule has 0 radical (unpaired) electrons. The van der Waals surface area contributed by atoms with E-state index < -0.39 is 5.60 Å². The number of aliphatic hydroxyl groups excluding tert-OH is 1. The first-order chi connectivity index (χ1) is 10.7. The molecule has 1 saturated heterocycles. The number of aliphatic hydroxyl groups is 2. The molecule has 2 N–H and O–H groups in total. The highest BCUT2D eigenvalue weighted by molar-refractivity contribution is 7.15. The van der Waals surface area contributed by atoms with Gasteiger partial charge in [-0.25, -0.2) is 0 Å². The topological polar surface area (TPSA) is 43.7 Å². The van der Waals surface area contributed by atoms with E-state index in [1.807, 2.05) is 17.4 Å². The Morgan fingerprint density at radius 3 is 2.64 bits per heavy atom. The summed E-state index contributed by atoms with van der Waals surface area (Å²) in [4.78, 5) is 5.04. The fourth-order valence-corrected chi connectivity index (χ4v) is 4.05. The molecule has 1 aliphatic heterocycles. The molecule has 2 heterocycles. The van der Waals surface area contributed by atoms with Crippen molar-refractivity contribution in [3.8, 4) is 10.4 Å². The molecule has 1 atom stereocenters. The standard InChI is InChI=1S/C18H23NO2S/c20-14-18(21)9-4-11-19(12-10-18)13-16-7-8-17(22-16)15-5-2-1-3-6-15/h1-3,5-8,20-21H,4,9-14H2/t18-/m1/s1. The van der Waals surface area contributed by atoms with E-state index in [1.54, 1.807) is 0 Å². The van der Waals surface area contributed by atoms with Gasteiger partial charge in [-0.2, -0.15) is 0 Å². The van der Waals surface area contributed by atoms with E-state index in [9.17, 15) is 10.2 Å². The van der Waals surface area contributed by atoms with Gasteiger partial charge in [-0.3, -0.25) is 4.90 Å². The maximum atomic E-state index is 10.2. The molecular formula is C18H23NO2S. The number of hydrogen-bond acceptors (Lipinski definition) is 4. The summed E-state index contributed by atoms with van der Waals surface area (Å²) in [6, 6.07) is 14.9. The van der Waals surface area contributed by atoms with Crippen LogP contribution < -0.4 is 0 Å². The molecule has 118 valence electrons. The van der Waals surface area contributed by atoms with Crippen LogP contribution in [0.15, 0.2) is 42.5 Å². The van der Waals surface area contributed by atoms with Crippen LogP contribution in [0.3, 0.4) is 0 Å². The summed E-state index contributed by atoms with van der Waals surface area (Å²) in [5.74, 6) is 0. The largest absolute Gasteiger partial charge is 0.393 e. The second-order valence-corrected chi connectivity index (χ2v) is 7.31. The lowest BCUT2D eigenvalue weighted by Crippen LogP contribution is -2.34. The van der Waals surface area contributed by atoms with Gasteiger partial charge in [0, 0.05) is 22.8 Å². The monoisotopic (exact) mass is 317 g/mol. The van der Waals surface area contributed by atoms with Crippen molar-refractivity contribution in [3.05, 3.63) is 47.3 Å². The predicted molar refractivity (Wildman–Crippen MR) is 90.9 cm³/mol. The van der Waals surface area contributed by atoms with Crippen LogP contribution in [0.4, 0.5) is 0 Å². The zero-order chi connectivity index (χ0) is 15.4. The van der Waals surface area contributed by atoms with Gasteiger partial charge in [-0.15, -0.1) is 11.3 Å². The van der Waals surface area contributed by atoms with Crippen LogP contribution in [0.25, 0.3) is 10.4 Å². The van der Waals surface area contributed by atoms with Crippen LogP contribution >= 0.6 is 11.3 Å². The normalized spacial score (nSPS) is 23.4. The zero-order valence-corrected chi connectivity index (χ0v) is 13.6. The fraction of sp³-hybridized carbons (Fsp3) is 0.444. The van der Waals surface area contributed by atoms with Gasteiger partial charge in [-0.05, 0) is 43.5 Å². The van der Waals surface area contributed by atoms with Gasteiger partial charge in [0.25, 0.3) is 0 Å². The summed E-state index contributed by atoms with van der Waals surface area (Å²) in [5, 5.41) is 19.5. The van der Waals surface area contributed by atoms with Crippen molar-refractivity contribution in [2.24, 2.45) is 0 Å². The van der Waals surface area contributed by atoms with Crippen molar-refractivity contribution in [2.45, 2.75) is 31.4 Å². The van der Waals surface area contributed by atoms with Crippen molar-refractivity contribution in [1.82, 2.24) is 4.90 Å². The van der Waals surface area contributed by atoms with Gasteiger partial charge >= 0.3 is 0 Å². The first-order valence-corrected chi connectivity index (χ1v) is 8.70. The molecule has 22 heavy (non-hydrogen) atoms. The lowest BCUT2D eigenvalue weighted by Gasteiger charge is -2.24. The minimum Gasteiger partial charge on any atom is -0.393 e. The highest BCUT2D eigenvalue weighted by atomic mass is 32.1. The molecule has 0 aliphatic carbocycles. The third kappa shape index (κ3) is 3.76. The van der Waals surface area contributed by atoms with Gasteiger partial charge < -0.3 is 10.2 Å². The summed E-state index contributed by atoms with van der Waals surface area (Å²) >= 11 is 1.84. The average molecular weight is 317 g/mol. The summed E-state index contributed by atoms with van der Waals surface area (Å²) in [5.41, 5.74) is 0.392. The van der Waals surface area contributed by atoms with E-state index in [2.05, 4.69) is 41.3 Å². The quantitative estimate of drug-likeness (QED) is 0.910. The molecule has 0 unspecified atom stereocenters. The van der Waals surface area contributed by atoms with Crippen molar-refractivity contribution in [2.75, 3.05) is 19.7 Å². The highest BCUT2D eigenvalue weighted by Crippen LogP contribution is 2.29. The first-order valence-electron chi connectivity index (χ1n) is 7.88. The van der Waals surface area contributed by atoms with Crippen LogP contribution in [0.2, 0.25) is 0 Å². The van der Waals surface area contributed by atoms with E-state index >= 15 is 0 Å². The molecule has 0 amide bonds. The Labute approximate surface area is 135 Å². The Morgan fingerprint density at radius 1 is 1.05 bits per heavy atom. The number of nitrogens with zero attached hydrogens (tertiary/aromatic N) is 1. The van der Waals surface area contributed by atoms with E-state index in [0.717, 1.165) is 26.1 Å².